The van der Waals surface area contributed by atoms with E-state index in [1.165, 1.54) is 23.8 Å². The molecule has 0 aliphatic rings. The van der Waals surface area contributed by atoms with Crippen molar-refractivity contribution in [2.45, 2.75) is 26.5 Å². The monoisotopic (exact) mass is 502 g/mol. The van der Waals surface area contributed by atoms with Gasteiger partial charge in [-0.05, 0) is 43.7 Å². The average molecular weight is 503 g/mol. The molecule has 3 aromatic rings. The highest BCUT2D eigenvalue weighted by molar-refractivity contribution is 6.30. The highest BCUT2D eigenvalue weighted by atomic mass is 35.5. The number of amides is 1. The first-order valence-corrected chi connectivity index (χ1v) is 11.0. The number of hydrogen-bond acceptors (Lipinski definition) is 7. The van der Waals surface area contributed by atoms with Crippen LogP contribution in [0.4, 0.5) is 16.0 Å². The Morgan fingerprint density at radius 2 is 1.89 bits per heavy atom. The number of methoxy groups -OCH3 is 1. The molecule has 0 radical (unpaired) electrons. The number of rotatable bonds is 9. The third kappa shape index (κ3) is 6.80. The minimum atomic E-state index is -0.787. The fourth-order valence-corrected chi connectivity index (χ4v) is 3.17. The zero-order valence-electron chi connectivity index (χ0n) is 19.3. The van der Waals surface area contributed by atoms with Crippen molar-refractivity contribution in [2.24, 2.45) is 0 Å². The van der Waals surface area contributed by atoms with Crippen molar-refractivity contribution in [3.63, 3.8) is 0 Å². The van der Waals surface area contributed by atoms with Crippen LogP contribution in [0, 0.1) is 5.82 Å². The van der Waals surface area contributed by atoms with E-state index in [0.29, 0.717) is 16.3 Å². The average Bonchev–Trinajstić information content (AvgIpc) is 2.82. The van der Waals surface area contributed by atoms with Gasteiger partial charge in [0.25, 0.3) is 11.5 Å². The van der Waals surface area contributed by atoms with Crippen molar-refractivity contribution in [1.82, 2.24) is 14.9 Å². The molecule has 0 saturated carbocycles. The standard InChI is InChI=1S/C24H24ClFN4O5/c1-14(2)35-20-9-8-17(10-19(20)26)29-24-28-11-18(22(32)27-12-21(31)34-3)23(33)30(24)13-15-4-6-16(25)7-5-15/h4-11,14H,12-13H2,1-3H3,(H,27,32)(H,28,29). The van der Waals surface area contributed by atoms with Crippen LogP contribution in [0.2, 0.25) is 5.02 Å². The molecule has 35 heavy (non-hydrogen) atoms. The summed E-state index contributed by atoms with van der Waals surface area (Å²) in [6, 6.07) is 11.0. The molecule has 11 heteroatoms. The summed E-state index contributed by atoms with van der Waals surface area (Å²) in [6.07, 6.45) is 0.884. The highest BCUT2D eigenvalue weighted by Crippen LogP contribution is 2.24. The Labute approximate surface area is 205 Å². The normalized spacial score (nSPS) is 10.7. The van der Waals surface area contributed by atoms with Gasteiger partial charge in [-0.3, -0.25) is 19.0 Å². The molecule has 0 bridgehead atoms. The molecule has 1 heterocycles. The number of ether oxygens (including phenoxy) is 2. The second kappa shape index (κ2) is 11.5. The van der Waals surface area contributed by atoms with Gasteiger partial charge in [0.15, 0.2) is 11.6 Å². The molecule has 2 N–H and O–H groups in total. The van der Waals surface area contributed by atoms with Crippen LogP contribution in [-0.4, -0.2) is 41.2 Å². The predicted molar refractivity (Wildman–Crippen MR) is 129 cm³/mol. The summed E-state index contributed by atoms with van der Waals surface area (Å²) >= 11 is 5.95. The topological polar surface area (TPSA) is 112 Å². The van der Waals surface area contributed by atoms with Crippen LogP contribution in [0.25, 0.3) is 0 Å². The Kier molecular flexibility index (Phi) is 8.43. The number of aromatic nitrogens is 2. The molecular formula is C24H24ClFN4O5. The summed E-state index contributed by atoms with van der Waals surface area (Å²) in [4.78, 5) is 41.3. The molecular weight excluding hydrogens is 479 g/mol. The second-order valence-corrected chi connectivity index (χ2v) is 8.15. The molecule has 0 atom stereocenters. The second-order valence-electron chi connectivity index (χ2n) is 7.71. The Morgan fingerprint density at radius 1 is 1.17 bits per heavy atom. The highest BCUT2D eigenvalue weighted by Gasteiger charge is 2.18. The predicted octanol–water partition coefficient (Wildman–Crippen LogP) is 3.52. The van der Waals surface area contributed by atoms with E-state index in [1.54, 1.807) is 44.2 Å². The molecule has 0 unspecified atom stereocenters. The van der Waals surface area contributed by atoms with Crippen molar-refractivity contribution < 1.29 is 23.5 Å². The number of anilines is 2. The van der Waals surface area contributed by atoms with Gasteiger partial charge in [-0.25, -0.2) is 9.37 Å². The number of esters is 1. The third-order valence-corrected chi connectivity index (χ3v) is 4.97. The van der Waals surface area contributed by atoms with Gasteiger partial charge in [0.1, 0.15) is 12.1 Å². The third-order valence-electron chi connectivity index (χ3n) is 4.72. The minimum Gasteiger partial charge on any atom is -0.488 e. The number of benzene rings is 2. The molecule has 0 saturated heterocycles. The Bertz CT molecular complexity index is 1280. The van der Waals surface area contributed by atoms with Gasteiger partial charge < -0.3 is 20.1 Å². The summed E-state index contributed by atoms with van der Waals surface area (Å²) in [6.45, 7) is 3.21. The quantitative estimate of drug-likeness (QED) is 0.430. The van der Waals surface area contributed by atoms with E-state index < -0.39 is 29.8 Å². The first kappa shape index (κ1) is 25.7. The maximum atomic E-state index is 14.5. The fraction of sp³-hybridized carbons (Fsp3) is 0.250. The largest absolute Gasteiger partial charge is 0.488 e. The summed E-state index contributed by atoms with van der Waals surface area (Å²) in [5.74, 6) is -1.88. The van der Waals surface area contributed by atoms with E-state index in [9.17, 15) is 18.8 Å². The van der Waals surface area contributed by atoms with E-state index in [2.05, 4.69) is 20.4 Å². The molecule has 0 aliphatic carbocycles. The molecule has 1 aromatic heterocycles. The van der Waals surface area contributed by atoms with Crippen molar-refractivity contribution >= 4 is 35.1 Å². The van der Waals surface area contributed by atoms with Crippen LogP contribution >= 0.6 is 11.6 Å². The van der Waals surface area contributed by atoms with Gasteiger partial charge in [-0.1, -0.05) is 23.7 Å². The van der Waals surface area contributed by atoms with Crippen molar-refractivity contribution in [1.29, 1.82) is 0 Å². The van der Waals surface area contributed by atoms with Crippen LogP contribution in [0.1, 0.15) is 29.8 Å². The van der Waals surface area contributed by atoms with E-state index >= 15 is 0 Å². The van der Waals surface area contributed by atoms with Gasteiger partial charge in [-0.2, -0.15) is 0 Å². The first-order valence-electron chi connectivity index (χ1n) is 10.6. The van der Waals surface area contributed by atoms with E-state index in [-0.39, 0.29) is 29.9 Å². The fourth-order valence-electron chi connectivity index (χ4n) is 3.04. The maximum absolute atomic E-state index is 14.5. The van der Waals surface area contributed by atoms with Crippen LogP contribution in [0.3, 0.4) is 0 Å². The van der Waals surface area contributed by atoms with Crippen LogP contribution in [-0.2, 0) is 16.1 Å². The Balaban J connectivity index is 1.96. The van der Waals surface area contributed by atoms with Gasteiger partial charge in [0.2, 0.25) is 5.95 Å². The number of nitrogens with zero attached hydrogens (tertiary/aromatic N) is 2. The summed E-state index contributed by atoms with van der Waals surface area (Å²) in [5.41, 5.74) is 0.0823. The number of nitrogens with one attached hydrogen (secondary N) is 2. The first-order chi connectivity index (χ1) is 16.7. The zero-order chi connectivity index (χ0) is 25.5. The number of carbonyl (C=O) groups excluding carboxylic acids is 2. The summed E-state index contributed by atoms with van der Waals surface area (Å²) in [5, 5.41) is 5.76. The lowest BCUT2D eigenvalue weighted by Crippen LogP contribution is -2.37. The van der Waals surface area contributed by atoms with E-state index in [1.807, 2.05) is 0 Å². The zero-order valence-corrected chi connectivity index (χ0v) is 20.1. The van der Waals surface area contributed by atoms with E-state index in [0.717, 1.165) is 6.20 Å². The van der Waals surface area contributed by atoms with Crippen molar-refractivity contribution in [3.8, 4) is 5.75 Å². The van der Waals surface area contributed by atoms with Crippen molar-refractivity contribution in [3.05, 3.63) is 81.0 Å². The maximum Gasteiger partial charge on any atom is 0.325 e. The molecule has 0 aliphatic heterocycles. The molecule has 2 aromatic carbocycles. The van der Waals surface area contributed by atoms with E-state index in [4.69, 9.17) is 16.3 Å². The van der Waals surface area contributed by atoms with Gasteiger partial charge in [0.05, 0.1) is 19.8 Å². The van der Waals surface area contributed by atoms with Crippen molar-refractivity contribution in [2.75, 3.05) is 19.0 Å². The van der Waals surface area contributed by atoms with Gasteiger partial charge in [-0.15, -0.1) is 0 Å². The molecule has 3 rings (SSSR count). The Morgan fingerprint density at radius 3 is 2.51 bits per heavy atom. The number of carbonyl (C=O) groups is 2. The Hall–Kier alpha value is -3.92. The smallest absolute Gasteiger partial charge is 0.325 e. The van der Waals surface area contributed by atoms with Gasteiger partial charge in [0, 0.05) is 23.0 Å². The molecule has 0 fully saturated rings. The lowest BCUT2D eigenvalue weighted by Gasteiger charge is -2.16. The van der Waals surface area contributed by atoms with Gasteiger partial charge >= 0.3 is 5.97 Å². The molecule has 0 spiro atoms. The van der Waals surface area contributed by atoms with Crippen LogP contribution in [0.15, 0.2) is 53.5 Å². The summed E-state index contributed by atoms with van der Waals surface area (Å²) < 4.78 is 25.6. The molecule has 9 nitrogen and oxygen atoms in total. The summed E-state index contributed by atoms with van der Waals surface area (Å²) in [7, 11) is 1.18. The lowest BCUT2D eigenvalue weighted by atomic mass is 10.2. The van der Waals surface area contributed by atoms with Crippen LogP contribution < -0.4 is 20.9 Å². The molecule has 1 amide bonds. The molecule has 184 valence electrons. The minimum absolute atomic E-state index is 0.0421. The number of halogens is 2. The SMILES string of the molecule is COC(=O)CNC(=O)c1cnc(Nc2ccc(OC(C)C)c(F)c2)n(Cc2ccc(Cl)cc2)c1=O. The lowest BCUT2D eigenvalue weighted by molar-refractivity contribution is -0.139. The van der Waals surface area contributed by atoms with Crippen LogP contribution in [0.5, 0.6) is 5.75 Å². The number of hydrogen-bond donors (Lipinski definition) is 2.